The molecule has 0 radical (unpaired) electrons. The second kappa shape index (κ2) is 6.83. The molecule has 0 saturated heterocycles. The van der Waals surface area contributed by atoms with Crippen LogP contribution in [0.2, 0.25) is 0 Å². The molecule has 0 heterocycles. The largest absolute Gasteiger partial charge is 0.481 e. The summed E-state index contributed by atoms with van der Waals surface area (Å²) < 4.78 is 4.92. The molecule has 7 nitrogen and oxygen atoms in total. The number of nitrogens with one attached hydrogen (secondary N) is 1. The van der Waals surface area contributed by atoms with E-state index in [2.05, 4.69) is 5.32 Å². The first-order valence-corrected chi connectivity index (χ1v) is 5.56. The number of carboxylic acid groups (broad SMARTS) is 2. The van der Waals surface area contributed by atoms with E-state index in [-0.39, 0.29) is 19.3 Å². The van der Waals surface area contributed by atoms with Gasteiger partial charge in [-0.1, -0.05) is 0 Å². The molecular formula is C11H19NO6. The molecule has 0 aliphatic carbocycles. The molecule has 7 heteroatoms. The predicted octanol–water partition coefficient (Wildman–Crippen LogP) is 1.22. The van der Waals surface area contributed by atoms with E-state index in [0.717, 1.165) is 0 Å². The Balaban J connectivity index is 4.23. The summed E-state index contributed by atoms with van der Waals surface area (Å²) in [5, 5.41) is 19.5. The molecule has 1 amide bonds. The van der Waals surface area contributed by atoms with E-state index in [4.69, 9.17) is 14.9 Å². The van der Waals surface area contributed by atoms with E-state index in [1.807, 2.05) is 0 Å². The molecule has 0 aliphatic rings. The summed E-state index contributed by atoms with van der Waals surface area (Å²) in [6, 6.07) is -1.14. The van der Waals surface area contributed by atoms with Gasteiger partial charge in [-0.05, 0) is 33.6 Å². The lowest BCUT2D eigenvalue weighted by atomic mass is 10.1. The highest BCUT2D eigenvalue weighted by Crippen LogP contribution is 2.08. The molecule has 104 valence electrons. The van der Waals surface area contributed by atoms with Gasteiger partial charge >= 0.3 is 18.0 Å². The van der Waals surface area contributed by atoms with Gasteiger partial charge in [0.05, 0.1) is 0 Å². The molecule has 3 N–H and O–H groups in total. The van der Waals surface area contributed by atoms with E-state index in [9.17, 15) is 14.4 Å². The van der Waals surface area contributed by atoms with Gasteiger partial charge in [0.25, 0.3) is 0 Å². The highest BCUT2D eigenvalue weighted by molar-refractivity contribution is 5.80. The van der Waals surface area contributed by atoms with Crippen molar-refractivity contribution in [3.63, 3.8) is 0 Å². The van der Waals surface area contributed by atoms with Crippen molar-refractivity contribution in [1.82, 2.24) is 5.32 Å². The number of alkyl carbamates (subject to hydrolysis) is 1. The molecule has 0 aliphatic heterocycles. The molecular weight excluding hydrogens is 242 g/mol. The third-order valence-corrected chi connectivity index (χ3v) is 1.87. The molecule has 0 bridgehead atoms. The van der Waals surface area contributed by atoms with Crippen LogP contribution in [0.3, 0.4) is 0 Å². The summed E-state index contributed by atoms with van der Waals surface area (Å²) >= 11 is 0. The minimum atomic E-state index is -1.22. The van der Waals surface area contributed by atoms with Gasteiger partial charge in [0.2, 0.25) is 0 Å². The van der Waals surface area contributed by atoms with Crippen molar-refractivity contribution in [2.24, 2.45) is 0 Å². The molecule has 1 atom stereocenters. The summed E-state index contributed by atoms with van der Waals surface area (Å²) in [4.78, 5) is 32.5. The van der Waals surface area contributed by atoms with Crippen LogP contribution < -0.4 is 5.32 Å². The van der Waals surface area contributed by atoms with Crippen molar-refractivity contribution in [3.05, 3.63) is 0 Å². The molecule has 0 saturated carbocycles. The number of carboxylic acids is 2. The second-order valence-electron chi connectivity index (χ2n) is 4.82. The van der Waals surface area contributed by atoms with Crippen LogP contribution in [0.5, 0.6) is 0 Å². The molecule has 18 heavy (non-hydrogen) atoms. The summed E-state index contributed by atoms with van der Waals surface area (Å²) in [6.45, 7) is 4.98. The highest BCUT2D eigenvalue weighted by Gasteiger charge is 2.23. The monoisotopic (exact) mass is 261 g/mol. The van der Waals surface area contributed by atoms with Crippen molar-refractivity contribution in [2.75, 3.05) is 0 Å². The fourth-order valence-corrected chi connectivity index (χ4v) is 1.16. The summed E-state index contributed by atoms with van der Waals surface area (Å²) in [6.07, 6.45) is -0.756. The first-order valence-electron chi connectivity index (χ1n) is 5.56. The van der Waals surface area contributed by atoms with Gasteiger partial charge in [-0.2, -0.15) is 0 Å². The lowest BCUT2D eigenvalue weighted by molar-refractivity contribution is -0.141. The van der Waals surface area contributed by atoms with Crippen LogP contribution in [0.15, 0.2) is 0 Å². The summed E-state index contributed by atoms with van der Waals surface area (Å²) in [5.41, 5.74) is -0.714. The number of carbonyl (C=O) groups excluding carboxylic acids is 1. The van der Waals surface area contributed by atoms with Crippen molar-refractivity contribution in [1.29, 1.82) is 0 Å². The van der Waals surface area contributed by atoms with Crippen LogP contribution >= 0.6 is 0 Å². The van der Waals surface area contributed by atoms with Crippen LogP contribution in [0.25, 0.3) is 0 Å². The van der Waals surface area contributed by atoms with Gasteiger partial charge in [0, 0.05) is 6.42 Å². The third kappa shape index (κ3) is 8.37. The standard InChI is InChI=1S/C11H19NO6/c1-11(2,3)18-10(17)12-7(9(15)16)5-4-6-8(13)14/h7H,4-6H2,1-3H3,(H,12,17)(H,13,14)(H,15,16)/t7-/m1/s1. The average Bonchev–Trinajstić information content (AvgIpc) is 2.12. The van der Waals surface area contributed by atoms with Gasteiger partial charge in [-0.3, -0.25) is 4.79 Å². The second-order valence-corrected chi connectivity index (χ2v) is 4.82. The van der Waals surface area contributed by atoms with E-state index >= 15 is 0 Å². The third-order valence-electron chi connectivity index (χ3n) is 1.87. The van der Waals surface area contributed by atoms with Gasteiger partial charge < -0.3 is 20.3 Å². The Labute approximate surface area is 105 Å². The predicted molar refractivity (Wildman–Crippen MR) is 62.3 cm³/mol. The first-order chi connectivity index (χ1) is 8.11. The maximum absolute atomic E-state index is 11.4. The maximum Gasteiger partial charge on any atom is 0.408 e. The fourth-order valence-electron chi connectivity index (χ4n) is 1.16. The number of hydrogen-bond donors (Lipinski definition) is 3. The van der Waals surface area contributed by atoms with Gasteiger partial charge in [0.15, 0.2) is 0 Å². The molecule has 0 unspecified atom stereocenters. The molecule has 0 fully saturated rings. The Bertz CT molecular complexity index is 320. The zero-order chi connectivity index (χ0) is 14.3. The Morgan fingerprint density at radius 2 is 1.78 bits per heavy atom. The number of carbonyl (C=O) groups is 3. The van der Waals surface area contributed by atoms with E-state index in [1.165, 1.54) is 0 Å². The van der Waals surface area contributed by atoms with Crippen molar-refractivity contribution >= 4 is 18.0 Å². The number of amides is 1. The fraction of sp³-hybridized carbons (Fsp3) is 0.727. The van der Waals surface area contributed by atoms with E-state index < -0.39 is 29.7 Å². The average molecular weight is 261 g/mol. The van der Waals surface area contributed by atoms with Crippen molar-refractivity contribution < 1.29 is 29.3 Å². The number of ether oxygens (including phenoxy) is 1. The van der Waals surface area contributed by atoms with Crippen LogP contribution in [-0.4, -0.2) is 39.9 Å². The smallest absolute Gasteiger partial charge is 0.408 e. The van der Waals surface area contributed by atoms with E-state index in [1.54, 1.807) is 20.8 Å². The Kier molecular flexibility index (Phi) is 6.15. The maximum atomic E-state index is 11.4. The van der Waals surface area contributed by atoms with Crippen LogP contribution in [0.1, 0.15) is 40.0 Å². The quantitative estimate of drug-likeness (QED) is 0.662. The van der Waals surface area contributed by atoms with Gasteiger partial charge in [0.1, 0.15) is 11.6 Å². The highest BCUT2D eigenvalue weighted by atomic mass is 16.6. The molecule has 0 rings (SSSR count). The SMILES string of the molecule is CC(C)(C)OC(=O)N[C@H](CCCC(=O)O)C(=O)O. The zero-order valence-corrected chi connectivity index (χ0v) is 10.7. The van der Waals surface area contributed by atoms with Crippen molar-refractivity contribution in [3.8, 4) is 0 Å². The minimum Gasteiger partial charge on any atom is -0.481 e. The minimum absolute atomic E-state index is 0.0425. The molecule has 0 aromatic rings. The lowest BCUT2D eigenvalue weighted by Gasteiger charge is -2.21. The van der Waals surface area contributed by atoms with Crippen LogP contribution in [0.4, 0.5) is 4.79 Å². The number of rotatable bonds is 6. The Morgan fingerprint density at radius 1 is 1.22 bits per heavy atom. The zero-order valence-electron chi connectivity index (χ0n) is 10.7. The van der Waals surface area contributed by atoms with E-state index in [0.29, 0.717) is 0 Å². The number of hydrogen-bond acceptors (Lipinski definition) is 4. The topological polar surface area (TPSA) is 113 Å². The molecule has 0 aromatic heterocycles. The molecule has 0 aromatic carbocycles. The first kappa shape index (κ1) is 16.2. The lowest BCUT2D eigenvalue weighted by Crippen LogP contribution is -2.43. The Hall–Kier alpha value is -1.79. The number of aliphatic carboxylic acids is 2. The van der Waals surface area contributed by atoms with Gasteiger partial charge in [-0.25, -0.2) is 9.59 Å². The normalized spacial score (nSPS) is 12.6. The summed E-state index contributed by atoms with van der Waals surface area (Å²) in [7, 11) is 0. The summed E-state index contributed by atoms with van der Waals surface area (Å²) in [5.74, 6) is -2.22. The van der Waals surface area contributed by atoms with Crippen LogP contribution in [-0.2, 0) is 14.3 Å². The van der Waals surface area contributed by atoms with Gasteiger partial charge in [-0.15, -0.1) is 0 Å². The van der Waals surface area contributed by atoms with Crippen molar-refractivity contribution in [2.45, 2.75) is 51.7 Å². The molecule has 0 spiro atoms. The Morgan fingerprint density at radius 3 is 2.17 bits per heavy atom. The van der Waals surface area contributed by atoms with Crippen LogP contribution in [0, 0.1) is 0 Å².